The molecule has 13 nitrogen and oxygen atoms in total. The van der Waals surface area contributed by atoms with E-state index in [0.717, 1.165) is 0 Å². The van der Waals surface area contributed by atoms with E-state index in [1.807, 2.05) is 5.32 Å². The lowest BCUT2D eigenvalue weighted by molar-refractivity contribution is -0.143. The number of carboxylic acids is 1. The van der Waals surface area contributed by atoms with E-state index in [0.29, 0.717) is 19.4 Å². The van der Waals surface area contributed by atoms with Gasteiger partial charge in [0.25, 0.3) is 0 Å². The van der Waals surface area contributed by atoms with E-state index in [9.17, 15) is 24.3 Å². The van der Waals surface area contributed by atoms with E-state index in [4.69, 9.17) is 26.8 Å². The molecule has 4 atom stereocenters. The van der Waals surface area contributed by atoms with Gasteiger partial charge in [0.2, 0.25) is 17.7 Å². The van der Waals surface area contributed by atoms with Crippen LogP contribution in [0.15, 0.2) is 0 Å². The zero-order valence-electron chi connectivity index (χ0n) is 15.3. The highest BCUT2D eigenvalue weighted by atomic mass is 16.4. The number of hydrogen-bond donors (Lipinski definition) is 9. The Morgan fingerprint density at radius 2 is 1.25 bits per heavy atom. The highest BCUT2D eigenvalue weighted by Crippen LogP contribution is 2.02. The van der Waals surface area contributed by atoms with Crippen LogP contribution in [0.4, 0.5) is 0 Å². The molecule has 0 bridgehead atoms. The summed E-state index contributed by atoms with van der Waals surface area (Å²) >= 11 is 0. The van der Waals surface area contributed by atoms with Crippen molar-refractivity contribution in [3.05, 3.63) is 0 Å². The van der Waals surface area contributed by atoms with Crippen molar-refractivity contribution < 1.29 is 39.6 Å². The topological polar surface area (TPSA) is 237 Å². The van der Waals surface area contributed by atoms with Gasteiger partial charge in [-0.1, -0.05) is 0 Å². The minimum absolute atomic E-state index is 0.154. The van der Waals surface area contributed by atoms with Crippen molar-refractivity contribution in [3.63, 3.8) is 0 Å². The van der Waals surface area contributed by atoms with Crippen molar-refractivity contribution in [2.24, 2.45) is 11.5 Å². The summed E-state index contributed by atoms with van der Waals surface area (Å²) in [4.78, 5) is 47.2. The maximum absolute atomic E-state index is 12.4. The Morgan fingerprint density at radius 1 is 0.750 bits per heavy atom. The number of carboxylic acid groups (broad SMARTS) is 1. The number of unbranched alkanes of at least 4 members (excludes halogenated alkanes) is 1. The molecule has 0 saturated heterocycles. The molecule has 0 aliphatic rings. The smallest absolute Gasteiger partial charge is 0.328 e. The maximum atomic E-state index is 12.4. The van der Waals surface area contributed by atoms with Gasteiger partial charge in [-0.15, -0.1) is 0 Å². The lowest BCUT2D eigenvalue weighted by Crippen LogP contribution is -2.58. The predicted octanol–water partition coefficient (Wildman–Crippen LogP) is -5.04. The van der Waals surface area contributed by atoms with Crippen molar-refractivity contribution in [2.75, 3.05) is 26.4 Å². The van der Waals surface area contributed by atoms with Gasteiger partial charge in [0, 0.05) is 0 Å². The number of hydrogen-bond acceptors (Lipinski definition) is 9. The first-order valence-electron chi connectivity index (χ1n) is 8.63. The first-order valence-corrected chi connectivity index (χ1v) is 8.63. The van der Waals surface area contributed by atoms with E-state index in [-0.39, 0.29) is 6.42 Å². The molecule has 0 fully saturated rings. The molecule has 0 aromatic heterocycles. The quantitative estimate of drug-likeness (QED) is 0.124. The Kier molecular flexibility index (Phi) is 12.6. The van der Waals surface area contributed by atoms with Gasteiger partial charge in [-0.25, -0.2) is 4.79 Å². The largest absolute Gasteiger partial charge is 0.480 e. The van der Waals surface area contributed by atoms with Crippen molar-refractivity contribution >= 4 is 23.7 Å². The highest BCUT2D eigenvalue weighted by Gasteiger charge is 2.29. The molecule has 11 N–H and O–H groups in total. The number of carbonyl (C=O) groups is 4. The molecule has 0 radical (unpaired) electrons. The minimum atomic E-state index is -1.61. The second-order valence-corrected chi connectivity index (χ2v) is 5.96. The normalized spacial score (nSPS) is 15.0. The van der Waals surface area contributed by atoms with Crippen LogP contribution in [0, 0.1) is 0 Å². The van der Waals surface area contributed by atoms with Crippen molar-refractivity contribution in [3.8, 4) is 0 Å². The fourth-order valence-corrected chi connectivity index (χ4v) is 2.05. The number of aliphatic hydroxyl groups is 3. The fourth-order valence-electron chi connectivity index (χ4n) is 2.05. The van der Waals surface area contributed by atoms with Crippen molar-refractivity contribution in [1.82, 2.24) is 16.0 Å². The lowest BCUT2D eigenvalue weighted by atomic mass is 10.1. The molecule has 0 heterocycles. The van der Waals surface area contributed by atoms with Crippen LogP contribution in [-0.2, 0) is 19.2 Å². The SMILES string of the molecule is NCCCCC(NC(=O)C(N)CO)C(=O)NC(CO)C(=O)NC(CO)C(=O)O. The molecule has 13 heteroatoms. The maximum Gasteiger partial charge on any atom is 0.328 e. The number of aliphatic carboxylic acids is 1. The Balaban J connectivity index is 5.08. The number of aliphatic hydroxyl groups excluding tert-OH is 3. The first-order chi connectivity index (χ1) is 13.2. The standard InChI is InChI=1S/C15H29N5O8/c16-4-2-1-3-9(18-12(24)8(17)5-21)13(25)19-10(6-22)14(26)20-11(7-23)15(27)28/h8-11,21-23H,1-7,16-17H2,(H,18,24)(H,19,25)(H,20,26)(H,27,28). The molecule has 0 aromatic rings. The number of amides is 3. The molecule has 162 valence electrons. The fraction of sp³-hybridized carbons (Fsp3) is 0.733. The zero-order chi connectivity index (χ0) is 21.7. The molecule has 28 heavy (non-hydrogen) atoms. The lowest BCUT2D eigenvalue weighted by Gasteiger charge is -2.23. The van der Waals surface area contributed by atoms with Crippen LogP contribution in [0.5, 0.6) is 0 Å². The van der Waals surface area contributed by atoms with Crippen molar-refractivity contribution in [1.29, 1.82) is 0 Å². The summed E-state index contributed by atoms with van der Waals surface area (Å²) in [5.74, 6) is -4.13. The third-order valence-corrected chi connectivity index (χ3v) is 3.73. The van der Waals surface area contributed by atoms with E-state index in [2.05, 4.69) is 10.6 Å². The summed E-state index contributed by atoms with van der Waals surface area (Å²) < 4.78 is 0. The van der Waals surface area contributed by atoms with Gasteiger partial charge in [0.05, 0.1) is 19.8 Å². The van der Waals surface area contributed by atoms with Crippen LogP contribution in [0.3, 0.4) is 0 Å². The first kappa shape index (κ1) is 25.7. The molecular formula is C15H29N5O8. The second-order valence-electron chi connectivity index (χ2n) is 5.96. The third-order valence-electron chi connectivity index (χ3n) is 3.73. The van der Waals surface area contributed by atoms with Crippen molar-refractivity contribution in [2.45, 2.75) is 43.4 Å². The van der Waals surface area contributed by atoms with E-state index in [1.165, 1.54) is 0 Å². The summed E-state index contributed by atoms with van der Waals surface area (Å²) in [6, 6.07) is -5.49. The summed E-state index contributed by atoms with van der Waals surface area (Å²) in [6.45, 7) is -2.01. The molecule has 0 rings (SSSR count). The molecular weight excluding hydrogens is 378 g/mol. The van der Waals surface area contributed by atoms with Gasteiger partial charge in [-0.05, 0) is 25.8 Å². The average Bonchev–Trinajstić information content (AvgIpc) is 2.67. The van der Waals surface area contributed by atoms with Crippen LogP contribution in [0.2, 0.25) is 0 Å². The van der Waals surface area contributed by atoms with Crippen LogP contribution in [0.1, 0.15) is 19.3 Å². The van der Waals surface area contributed by atoms with Gasteiger partial charge in [0.1, 0.15) is 24.2 Å². The van der Waals surface area contributed by atoms with E-state index >= 15 is 0 Å². The molecule has 0 saturated carbocycles. The zero-order valence-corrected chi connectivity index (χ0v) is 15.3. The average molecular weight is 407 g/mol. The van der Waals surface area contributed by atoms with Gasteiger partial charge >= 0.3 is 5.97 Å². The van der Waals surface area contributed by atoms with Crippen LogP contribution in [0.25, 0.3) is 0 Å². The Morgan fingerprint density at radius 3 is 1.71 bits per heavy atom. The minimum Gasteiger partial charge on any atom is -0.480 e. The molecule has 0 spiro atoms. The van der Waals surface area contributed by atoms with Gasteiger partial charge in [-0.3, -0.25) is 14.4 Å². The highest BCUT2D eigenvalue weighted by molar-refractivity contribution is 5.94. The second kappa shape index (κ2) is 13.8. The van der Waals surface area contributed by atoms with Crippen LogP contribution < -0.4 is 27.4 Å². The van der Waals surface area contributed by atoms with Gasteiger partial charge in [-0.2, -0.15) is 0 Å². The monoisotopic (exact) mass is 407 g/mol. The molecule has 3 amide bonds. The van der Waals surface area contributed by atoms with Gasteiger partial charge in [0.15, 0.2) is 0 Å². The predicted molar refractivity (Wildman–Crippen MR) is 95.6 cm³/mol. The van der Waals surface area contributed by atoms with E-state index < -0.39 is 67.7 Å². The van der Waals surface area contributed by atoms with Crippen LogP contribution >= 0.6 is 0 Å². The number of carbonyl (C=O) groups excluding carboxylic acids is 3. The Labute approximate surface area is 161 Å². The third kappa shape index (κ3) is 9.05. The molecule has 4 unspecified atom stereocenters. The van der Waals surface area contributed by atoms with Gasteiger partial charge < -0.3 is 47.8 Å². The number of nitrogens with one attached hydrogen (secondary N) is 3. The molecule has 0 aliphatic carbocycles. The summed E-state index contributed by atoms with van der Waals surface area (Å²) in [5, 5.41) is 42.5. The van der Waals surface area contributed by atoms with E-state index in [1.54, 1.807) is 0 Å². The van der Waals surface area contributed by atoms with Crippen LogP contribution in [-0.4, -0.2) is 94.6 Å². The molecule has 0 aliphatic heterocycles. The Bertz CT molecular complexity index is 533. The summed E-state index contributed by atoms with van der Waals surface area (Å²) in [7, 11) is 0. The number of rotatable bonds is 14. The Hall–Kier alpha value is -2.32. The summed E-state index contributed by atoms with van der Waals surface area (Å²) in [6.07, 6.45) is 1.18. The molecule has 0 aromatic carbocycles. The summed E-state index contributed by atoms with van der Waals surface area (Å²) in [5.41, 5.74) is 10.8. The number of nitrogens with two attached hydrogens (primary N) is 2.